The highest BCUT2D eigenvalue weighted by molar-refractivity contribution is 6.11. The van der Waals surface area contributed by atoms with Gasteiger partial charge in [0.05, 0.1) is 5.56 Å². The Morgan fingerprint density at radius 2 is 2.00 bits per heavy atom. The van der Waals surface area contributed by atoms with E-state index < -0.39 is 0 Å². The molecule has 1 aliphatic carbocycles. The zero-order valence-electron chi connectivity index (χ0n) is 10.6. The summed E-state index contributed by atoms with van der Waals surface area (Å²) in [5, 5.41) is 0.979. The van der Waals surface area contributed by atoms with Crippen molar-refractivity contribution < 1.29 is 4.79 Å². The van der Waals surface area contributed by atoms with Crippen molar-refractivity contribution in [2.75, 3.05) is 0 Å². The van der Waals surface area contributed by atoms with Crippen LogP contribution in [0.25, 0.3) is 10.9 Å². The molecule has 0 bridgehead atoms. The lowest BCUT2D eigenvalue weighted by Crippen LogP contribution is -2.24. The van der Waals surface area contributed by atoms with Crippen LogP contribution in [0, 0.1) is 0 Å². The number of H-pyrrole nitrogens is 1. The largest absolute Gasteiger partial charge is 0.370 e. The van der Waals surface area contributed by atoms with Gasteiger partial charge in [0.15, 0.2) is 5.96 Å². The smallest absolute Gasteiger partial charge is 0.280 e. The maximum atomic E-state index is 12.1. The summed E-state index contributed by atoms with van der Waals surface area (Å²) >= 11 is 0. The average molecular weight is 256 g/mol. The van der Waals surface area contributed by atoms with Gasteiger partial charge in [-0.2, -0.15) is 4.99 Å². The number of aromatic nitrogens is 1. The molecule has 0 atom stereocenters. The van der Waals surface area contributed by atoms with Crippen LogP contribution in [0.1, 0.15) is 34.5 Å². The highest BCUT2D eigenvalue weighted by Gasteiger charge is 2.20. The molecule has 2 aromatic rings. The Morgan fingerprint density at radius 1 is 1.21 bits per heavy atom. The van der Waals surface area contributed by atoms with E-state index >= 15 is 0 Å². The lowest BCUT2D eigenvalue weighted by Gasteiger charge is -2.11. The number of carbonyl (C=O) groups excluding carboxylic acids is 1. The fourth-order valence-electron chi connectivity index (χ4n) is 2.82. The van der Waals surface area contributed by atoms with Gasteiger partial charge >= 0.3 is 0 Å². The number of aryl methyl sites for hydroxylation is 2. The van der Waals surface area contributed by atoms with Gasteiger partial charge in [-0.1, -0.05) is 6.07 Å². The van der Waals surface area contributed by atoms with Gasteiger partial charge in [0.1, 0.15) is 0 Å². The third-order valence-corrected chi connectivity index (χ3v) is 3.58. The van der Waals surface area contributed by atoms with Gasteiger partial charge in [-0.3, -0.25) is 4.79 Å². The molecular formula is C14H16N4O. The number of nitrogens with one attached hydrogen (secondary N) is 1. The van der Waals surface area contributed by atoms with Gasteiger partial charge in [-0.25, -0.2) is 0 Å². The van der Waals surface area contributed by atoms with Crippen LogP contribution in [0.2, 0.25) is 0 Å². The summed E-state index contributed by atoms with van der Waals surface area (Å²) < 4.78 is 0. The first kappa shape index (κ1) is 11.8. The predicted octanol–water partition coefficient (Wildman–Crippen LogP) is 1.46. The zero-order valence-corrected chi connectivity index (χ0v) is 10.6. The fraction of sp³-hybridized carbons (Fsp3) is 0.286. The molecule has 5 heteroatoms. The van der Waals surface area contributed by atoms with E-state index in [9.17, 15) is 4.79 Å². The minimum absolute atomic E-state index is 0.202. The van der Waals surface area contributed by atoms with Crippen LogP contribution >= 0.6 is 0 Å². The Balaban J connectivity index is 2.22. The van der Waals surface area contributed by atoms with Crippen molar-refractivity contribution in [3.05, 3.63) is 35.0 Å². The van der Waals surface area contributed by atoms with Gasteiger partial charge in [0.25, 0.3) is 5.91 Å². The number of nitrogens with two attached hydrogens (primary N) is 2. The molecule has 19 heavy (non-hydrogen) atoms. The zero-order chi connectivity index (χ0) is 13.4. The first-order valence-electron chi connectivity index (χ1n) is 6.43. The minimum Gasteiger partial charge on any atom is -0.370 e. The van der Waals surface area contributed by atoms with E-state index in [-0.39, 0.29) is 11.9 Å². The standard InChI is InChI=1S/C14H16N4O/c15-14(16)18-13(19)9-5-3-7-11-12(9)8-4-1-2-6-10(8)17-11/h3,5,7,17H,1-2,4,6H2,(H4,15,16,18,19). The summed E-state index contributed by atoms with van der Waals surface area (Å²) in [4.78, 5) is 19.1. The molecule has 0 saturated carbocycles. The predicted molar refractivity (Wildman–Crippen MR) is 75.1 cm³/mol. The van der Waals surface area contributed by atoms with Crippen molar-refractivity contribution >= 4 is 22.8 Å². The molecule has 1 aliphatic rings. The molecule has 0 radical (unpaired) electrons. The average Bonchev–Trinajstić information content (AvgIpc) is 2.76. The van der Waals surface area contributed by atoms with Crippen LogP contribution in [0.5, 0.6) is 0 Å². The third kappa shape index (κ3) is 1.97. The summed E-state index contributed by atoms with van der Waals surface area (Å²) in [6, 6.07) is 5.61. The number of benzene rings is 1. The van der Waals surface area contributed by atoms with Crippen molar-refractivity contribution in [3.8, 4) is 0 Å². The van der Waals surface area contributed by atoms with Crippen molar-refractivity contribution in [2.45, 2.75) is 25.7 Å². The van der Waals surface area contributed by atoms with Gasteiger partial charge in [0, 0.05) is 16.6 Å². The van der Waals surface area contributed by atoms with Crippen LogP contribution in [0.15, 0.2) is 23.2 Å². The Kier molecular flexibility index (Phi) is 2.74. The van der Waals surface area contributed by atoms with E-state index in [4.69, 9.17) is 11.5 Å². The second-order valence-electron chi connectivity index (χ2n) is 4.86. The van der Waals surface area contributed by atoms with E-state index in [1.54, 1.807) is 6.07 Å². The number of fused-ring (bicyclic) bond motifs is 3. The second kappa shape index (κ2) is 4.42. The van der Waals surface area contributed by atoms with Crippen molar-refractivity contribution in [2.24, 2.45) is 16.5 Å². The number of hydrogen-bond donors (Lipinski definition) is 3. The first-order chi connectivity index (χ1) is 9.16. The van der Waals surface area contributed by atoms with E-state index in [1.165, 1.54) is 17.7 Å². The summed E-state index contributed by atoms with van der Waals surface area (Å²) in [6.45, 7) is 0. The number of hydrogen-bond acceptors (Lipinski definition) is 1. The molecule has 3 rings (SSSR count). The van der Waals surface area contributed by atoms with Crippen LogP contribution in [0.3, 0.4) is 0 Å². The molecule has 5 nitrogen and oxygen atoms in total. The van der Waals surface area contributed by atoms with Gasteiger partial charge in [-0.15, -0.1) is 0 Å². The molecule has 1 aromatic heterocycles. The maximum absolute atomic E-state index is 12.1. The van der Waals surface area contributed by atoms with Crippen LogP contribution < -0.4 is 11.5 Å². The molecule has 0 unspecified atom stereocenters. The Hall–Kier alpha value is -2.30. The molecule has 1 amide bonds. The first-order valence-corrected chi connectivity index (χ1v) is 6.43. The molecule has 0 fully saturated rings. The van der Waals surface area contributed by atoms with Gasteiger partial charge in [-0.05, 0) is 43.4 Å². The molecule has 0 saturated heterocycles. The van der Waals surface area contributed by atoms with Crippen molar-refractivity contribution in [3.63, 3.8) is 0 Å². The molecule has 98 valence electrons. The fourth-order valence-corrected chi connectivity index (χ4v) is 2.82. The van der Waals surface area contributed by atoms with Gasteiger partial charge in [0.2, 0.25) is 0 Å². The Bertz CT molecular complexity index is 680. The highest BCUT2D eigenvalue weighted by Crippen LogP contribution is 2.31. The molecule has 0 aliphatic heterocycles. The topological polar surface area (TPSA) is 97.3 Å². The summed E-state index contributed by atoms with van der Waals surface area (Å²) in [5.41, 5.74) is 14.6. The SMILES string of the molecule is NC(N)=NC(=O)c1cccc2[nH]c3c(c12)CCCC3. The number of rotatable bonds is 1. The van der Waals surface area contributed by atoms with E-state index in [1.807, 2.05) is 12.1 Å². The van der Waals surface area contributed by atoms with Gasteiger partial charge < -0.3 is 16.5 Å². The number of guanidine groups is 1. The molecular weight excluding hydrogens is 240 g/mol. The maximum Gasteiger partial charge on any atom is 0.280 e. The van der Waals surface area contributed by atoms with Crippen molar-refractivity contribution in [1.82, 2.24) is 4.98 Å². The number of nitrogens with zero attached hydrogens (tertiary/aromatic N) is 1. The van der Waals surface area contributed by atoms with E-state index in [2.05, 4.69) is 9.98 Å². The van der Waals surface area contributed by atoms with E-state index in [0.717, 1.165) is 30.2 Å². The Labute approximate surface area is 110 Å². The summed E-state index contributed by atoms with van der Waals surface area (Å²) in [6.07, 6.45) is 4.39. The minimum atomic E-state index is -0.377. The monoisotopic (exact) mass is 256 g/mol. The Morgan fingerprint density at radius 3 is 2.79 bits per heavy atom. The third-order valence-electron chi connectivity index (χ3n) is 3.58. The molecule has 5 N–H and O–H groups in total. The summed E-state index contributed by atoms with van der Waals surface area (Å²) in [5.74, 6) is -0.579. The summed E-state index contributed by atoms with van der Waals surface area (Å²) in [7, 11) is 0. The molecule has 0 spiro atoms. The quantitative estimate of drug-likeness (QED) is 0.532. The molecule has 1 aromatic carbocycles. The molecule has 1 heterocycles. The second-order valence-corrected chi connectivity index (χ2v) is 4.86. The van der Waals surface area contributed by atoms with Crippen LogP contribution in [-0.2, 0) is 12.8 Å². The highest BCUT2D eigenvalue weighted by atomic mass is 16.1. The lowest BCUT2D eigenvalue weighted by atomic mass is 9.93. The van der Waals surface area contributed by atoms with E-state index in [0.29, 0.717) is 5.56 Å². The lowest BCUT2D eigenvalue weighted by molar-refractivity contribution is 0.100. The van der Waals surface area contributed by atoms with Crippen LogP contribution in [-0.4, -0.2) is 16.9 Å². The van der Waals surface area contributed by atoms with Crippen molar-refractivity contribution in [1.29, 1.82) is 0 Å². The number of aromatic amines is 1. The normalized spacial score (nSPS) is 14.1. The number of amides is 1. The number of aliphatic imine (C=N–C) groups is 1. The number of carbonyl (C=O) groups is 1. The van der Waals surface area contributed by atoms with Crippen LogP contribution in [0.4, 0.5) is 0 Å².